The number of anilines is 2. The van der Waals surface area contributed by atoms with Gasteiger partial charge in [-0.1, -0.05) is 0 Å². The molecule has 0 spiro atoms. The second kappa shape index (κ2) is 5.56. The number of carboxylic acids is 1. The Bertz CT molecular complexity index is 656. The molecule has 2 N–H and O–H groups in total. The molecule has 20 heavy (non-hydrogen) atoms. The smallest absolute Gasteiger partial charge is 0.335 e. The number of carboxylic acid groups (broad SMARTS) is 1. The molecule has 2 rings (SSSR count). The van der Waals surface area contributed by atoms with Crippen molar-refractivity contribution >= 4 is 17.5 Å². The fraction of sp³-hybridized carbons (Fsp3) is 0.214. The van der Waals surface area contributed by atoms with Crippen molar-refractivity contribution in [1.29, 1.82) is 0 Å². The SMILES string of the molecule is COc1cc(Nc2ccc(C(=O)O)c(C)c2)nc(C)n1. The Kier molecular flexibility index (Phi) is 3.84. The van der Waals surface area contributed by atoms with Gasteiger partial charge in [-0.15, -0.1) is 0 Å². The zero-order chi connectivity index (χ0) is 14.7. The number of aromatic nitrogens is 2. The number of hydrogen-bond acceptors (Lipinski definition) is 5. The van der Waals surface area contributed by atoms with Crippen molar-refractivity contribution in [3.63, 3.8) is 0 Å². The molecule has 6 nitrogen and oxygen atoms in total. The summed E-state index contributed by atoms with van der Waals surface area (Å²) in [6.45, 7) is 3.52. The molecule has 0 bridgehead atoms. The van der Waals surface area contributed by atoms with Gasteiger partial charge in [-0.2, -0.15) is 4.98 Å². The lowest BCUT2D eigenvalue weighted by molar-refractivity contribution is 0.0696. The molecule has 1 heterocycles. The summed E-state index contributed by atoms with van der Waals surface area (Å²) in [5.41, 5.74) is 1.72. The minimum absolute atomic E-state index is 0.284. The first-order chi connectivity index (χ1) is 9.49. The molecule has 0 aliphatic carbocycles. The predicted molar refractivity (Wildman–Crippen MR) is 74.7 cm³/mol. The summed E-state index contributed by atoms with van der Waals surface area (Å²) < 4.78 is 5.08. The van der Waals surface area contributed by atoms with E-state index in [-0.39, 0.29) is 5.56 Å². The van der Waals surface area contributed by atoms with Crippen molar-refractivity contribution in [3.05, 3.63) is 41.2 Å². The lowest BCUT2D eigenvalue weighted by Gasteiger charge is -2.09. The standard InChI is InChI=1S/C14H15N3O3/c1-8-6-10(4-5-11(8)14(18)19)17-12-7-13(20-3)16-9(2)15-12/h4-7H,1-3H3,(H,18,19)(H,15,16,17). The third kappa shape index (κ3) is 3.03. The van der Waals surface area contributed by atoms with E-state index >= 15 is 0 Å². The Hall–Kier alpha value is -2.63. The van der Waals surface area contributed by atoms with Gasteiger partial charge in [-0.3, -0.25) is 0 Å². The molecule has 2 aromatic rings. The van der Waals surface area contributed by atoms with Crippen LogP contribution in [0.3, 0.4) is 0 Å². The Balaban J connectivity index is 2.28. The Labute approximate surface area is 116 Å². The molecule has 0 atom stereocenters. The summed E-state index contributed by atoms with van der Waals surface area (Å²) in [6.07, 6.45) is 0. The zero-order valence-electron chi connectivity index (χ0n) is 11.5. The lowest BCUT2D eigenvalue weighted by Crippen LogP contribution is -2.02. The molecule has 0 aliphatic rings. The van der Waals surface area contributed by atoms with Crippen LogP contribution in [0.25, 0.3) is 0 Å². The van der Waals surface area contributed by atoms with E-state index in [2.05, 4.69) is 15.3 Å². The number of nitrogens with one attached hydrogen (secondary N) is 1. The van der Waals surface area contributed by atoms with Crippen LogP contribution in [0.5, 0.6) is 5.88 Å². The van der Waals surface area contributed by atoms with Crippen molar-refractivity contribution < 1.29 is 14.6 Å². The van der Waals surface area contributed by atoms with Crippen LogP contribution in [0.4, 0.5) is 11.5 Å². The van der Waals surface area contributed by atoms with E-state index < -0.39 is 5.97 Å². The summed E-state index contributed by atoms with van der Waals surface area (Å²) in [4.78, 5) is 19.3. The highest BCUT2D eigenvalue weighted by atomic mass is 16.5. The minimum Gasteiger partial charge on any atom is -0.481 e. The van der Waals surface area contributed by atoms with Crippen molar-refractivity contribution in [3.8, 4) is 5.88 Å². The Morgan fingerprint density at radius 1 is 1.25 bits per heavy atom. The van der Waals surface area contributed by atoms with Gasteiger partial charge in [-0.25, -0.2) is 9.78 Å². The number of ether oxygens (including phenoxy) is 1. The number of aryl methyl sites for hydroxylation is 2. The first kappa shape index (κ1) is 13.8. The quantitative estimate of drug-likeness (QED) is 0.890. The van der Waals surface area contributed by atoms with E-state index in [1.807, 2.05) is 0 Å². The maximum atomic E-state index is 11.0. The number of benzene rings is 1. The average molecular weight is 273 g/mol. The van der Waals surface area contributed by atoms with E-state index in [4.69, 9.17) is 9.84 Å². The topological polar surface area (TPSA) is 84.3 Å². The van der Waals surface area contributed by atoms with Gasteiger partial charge < -0.3 is 15.2 Å². The molecule has 0 saturated carbocycles. The van der Waals surface area contributed by atoms with E-state index in [1.165, 1.54) is 7.11 Å². The predicted octanol–water partition coefficient (Wildman–Crippen LogP) is 2.54. The molecular formula is C14H15N3O3. The van der Waals surface area contributed by atoms with Crippen LogP contribution in [-0.2, 0) is 0 Å². The molecular weight excluding hydrogens is 258 g/mol. The monoisotopic (exact) mass is 273 g/mol. The van der Waals surface area contributed by atoms with Gasteiger partial charge in [0, 0.05) is 11.8 Å². The molecule has 1 aromatic carbocycles. The number of nitrogens with zero attached hydrogens (tertiary/aromatic N) is 2. The van der Waals surface area contributed by atoms with Crippen molar-refractivity contribution in [1.82, 2.24) is 9.97 Å². The lowest BCUT2D eigenvalue weighted by atomic mass is 10.1. The van der Waals surface area contributed by atoms with E-state index in [0.717, 1.165) is 5.69 Å². The first-order valence-electron chi connectivity index (χ1n) is 6.00. The fourth-order valence-electron chi connectivity index (χ4n) is 1.84. The van der Waals surface area contributed by atoms with Crippen molar-refractivity contribution in [2.45, 2.75) is 13.8 Å². The second-order valence-electron chi connectivity index (χ2n) is 4.30. The molecule has 0 aliphatic heterocycles. The van der Waals surface area contributed by atoms with Crippen molar-refractivity contribution in [2.24, 2.45) is 0 Å². The van der Waals surface area contributed by atoms with Crippen LogP contribution in [0.15, 0.2) is 24.3 Å². The summed E-state index contributed by atoms with van der Waals surface area (Å²) >= 11 is 0. The van der Waals surface area contributed by atoms with Gasteiger partial charge in [0.2, 0.25) is 5.88 Å². The normalized spacial score (nSPS) is 10.2. The molecule has 0 unspecified atom stereocenters. The van der Waals surface area contributed by atoms with E-state index in [1.54, 1.807) is 38.1 Å². The maximum absolute atomic E-state index is 11.0. The van der Waals surface area contributed by atoms with Crippen LogP contribution in [-0.4, -0.2) is 28.2 Å². The summed E-state index contributed by atoms with van der Waals surface area (Å²) in [5.74, 6) is 0.718. The number of hydrogen-bond donors (Lipinski definition) is 2. The highest BCUT2D eigenvalue weighted by Crippen LogP contribution is 2.21. The number of carbonyl (C=O) groups is 1. The second-order valence-corrected chi connectivity index (χ2v) is 4.30. The third-order valence-corrected chi connectivity index (χ3v) is 2.75. The van der Waals surface area contributed by atoms with Gasteiger partial charge in [0.25, 0.3) is 0 Å². The van der Waals surface area contributed by atoms with Gasteiger partial charge in [-0.05, 0) is 37.6 Å². The highest BCUT2D eigenvalue weighted by molar-refractivity contribution is 5.90. The molecule has 0 radical (unpaired) electrons. The fourth-order valence-corrected chi connectivity index (χ4v) is 1.84. The van der Waals surface area contributed by atoms with E-state index in [0.29, 0.717) is 23.1 Å². The van der Waals surface area contributed by atoms with Crippen molar-refractivity contribution in [2.75, 3.05) is 12.4 Å². The van der Waals surface area contributed by atoms with E-state index in [9.17, 15) is 4.79 Å². The summed E-state index contributed by atoms with van der Waals surface area (Å²) in [6, 6.07) is 6.69. The molecule has 6 heteroatoms. The van der Waals surface area contributed by atoms with Gasteiger partial charge in [0.15, 0.2) is 0 Å². The highest BCUT2D eigenvalue weighted by Gasteiger charge is 2.08. The third-order valence-electron chi connectivity index (χ3n) is 2.75. The van der Waals surface area contributed by atoms with Gasteiger partial charge in [0.05, 0.1) is 12.7 Å². The minimum atomic E-state index is -0.936. The van der Waals surface area contributed by atoms with Gasteiger partial charge in [0.1, 0.15) is 11.6 Å². The van der Waals surface area contributed by atoms with Gasteiger partial charge >= 0.3 is 5.97 Å². The molecule has 0 fully saturated rings. The van der Waals surface area contributed by atoms with Crippen LogP contribution < -0.4 is 10.1 Å². The number of rotatable bonds is 4. The number of aromatic carboxylic acids is 1. The zero-order valence-corrected chi connectivity index (χ0v) is 11.5. The molecule has 0 saturated heterocycles. The average Bonchev–Trinajstić information content (AvgIpc) is 2.37. The number of methoxy groups -OCH3 is 1. The summed E-state index contributed by atoms with van der Waals surface area (Å²) in [7, 11) is 1.54. The molecule has 104 valence electrons. The first-order valence-corrected chi connectivity index (χ1v) is 6.00. The maximum Gasteiger partial charge on any atom is 0.335 e. The van der Waals surface area contributed by atoms with Crippen LogP contribution >= 0.6 is 0 Å². The largest absolute Gasteiger partial charge is 0.481 e. The molecule has 0 amide bonds. The Morgan fingerprint density at radius 3 is 2.60 bits per heavy atom. The van der Waals surface area contributed by atoms with Crippen LogP contribution in [0, 0.1) is 13.8 Å². The van der Waals surface area contributed by atoms with Crippen LogP contribution in [0.2, 0.25) is 0 Å². The summed E-state index contributed by atoms with van der Waals surface area (Å²) in [5, 5.41) is 12.1. The Morgan fingerprint density at radius 2 is 2.00 bits per heavy atom. The molecule has 1 aromatic heterocycles. The van der Waals surface area contributed by atoms with Crippen LogP contribution in [0.1, 0.15) is 21.7 Å².